The van der Waals surface area contributed by atoms with Gasteiger partial charge in [0.1, 0.15) is 5.75 Å². The minimum absolute atomic E-state index is 0.000349. The van der Waals surface area contributed by atoms with Crippen LogP contribution in [0.1, 0.15) is 57.1 Å². The molecule has 1 fully saturated rings. The Morgan fingerprint density at radius 3 is 2.27 bits per heavy atom. The van der Waals surface area contributed by atoms with Crippen molar-refractivity contribution < 1.29 is 4.74 Å². The lowest BCUT2D eigenvalue weighted by Crippen LogP contribution is -2.48. The summed E-state index contributed by atoms with van der Waals surface area (Å²) in [7, 11) is 0. The molecule has 1 saturated heterocycles. The van der Waals surface area contributed by atoms with E-state index in [2.05, 4.69) is 101 Å². The molecule has 1 aliphatic heterocycles. The molecule has 7 heteroatoms. The number of aromatic nitrogens is 4. The second-order valence-electron chi connectivity index (χ2n) is 9.32. The van der Waals surface area contributed by atoms with Gasteiger partial charge in [0.15, 0.2) is 5.82 Å². The molecule has 0 saturated carbocycles. The standard InChI is InChI=1S/C26H36N6O/c1-5-26(3,4)32-25(27-28-29-32)24(22-12-14-23(15-13-22)33-6-2)31-18-16-30(17-19-31)20-21-10-8-7-9-11-21/h7-15,24H,5-6,16-20H2,1-4H3. The van der Waals surface area contributed by atoms with E-state index in [4.69, 9.17) is 4.74 Å². The molecule has 0 N–H and O–H groups in total. The minimum atomic E-state index is -0.155. The zero-order valence-electron chi connectivity index (χ0n) is 20.3. The van der Waals surface area contributed by atoms with Crippen molar-refractivity contribution in [1.82, 2.24) is 30.0 Å². The van der Waals surface area contributed by atoms with Gasteiger partial charge < -0.3 is 4.74 Å². The number of nitrogens with zero attached hydrogens (tertiary/aromatic N) is 6. The molecule has 1 atom stereocenters. The maximum Gasteiger partial charge on any atom is 0.173 e. The van der Waals surface area contributed by atoms with Crippen LogP contribution in [0.4, 0.5) is 0 Å². The Balaban J connectivity index is 1.58. The van der Waals surface area contributed by atoms with E-state index in [-0.39, 0.29) is 11.6 Å². The summed E-state index contributed by atoms with van der Waals surface area (Å²) in [5.74, 6) is 1.80. The van der Waals surface area contributed by atoms with E-state index in [0.717, 1.165) is 50.7 Å². The van der Waals surface area contributed by atoms with Crippen LogP contribution in [-0.2, 0) is 12.1 Å². The fraction of sp³-hybridized carbons (Fsp3) is 0.500. The average Bonchev–Trinajstić information content (AvgIpc) is 3.33. The molecule has 0 amide bonds. The molecular weight excluding hydrogens is 412 g/mol. The Labute approximate surface area is 197 Å². The number of piperazine rings is 1. The monoisotopic (exact) mass is 448 g/mol. The molecule has 0 bridgehead atoms. The van der Waals surface area contributed by atoms with Crippen molar-refractivity contribution in [1.29, 1.82) is 0 Å². The highest BCUT2D eigenvalue weighted by Gasteiger charge is 2.34. The van der Waals surface area contributed by atoms with Crippen molar-refractivity contribution in [2.45, 2.75) is 52.2 Å². The summed E-state index contributed by atoms with van der Waals surface area (Å²) in [5.41, 5.74) is 2.40. The van der Waals surface area contributed by atoms with Crippen LogP contribution in [0, 0.1) is 0 Å². The third-order valence-electron chi connectivity index (χ3n) is 6.70. The second kappa shape index (κ2) is 10.4. The van der Waals surface area contributed by atoms with E-state index < -0.39 is 0 Å². The molecular formula is C26H36N6O. The Bertz CT molecular complexity index is 993. The smallest absolute Gasteiger partial charge is 0.173 e. The van der Waals surface area contributed by atoms with Gasteiger partial charge >= 0.3 is 0 Å². The normalized spacial score (nSPS) is 16.6. The van der Waals surface area contributed by atoms with Gasteiger partial charge in [0.25, 0.3) is 0 Å². The molecule has 0 aliphatic carbocycles. The molecule has 1 aromatic heterocycles. The van der Waals surface area contributed by atoms with Gasteiger partial charge in [-0.05, 0) is 60.9 Å². The number of hydrogen-bond donors (Lipinski definition) is 0. The van der Waals surface area contributed by atoms with E-state index in [0.29, 0.717) is 6.61 Å². The quantitative estimate of drug-likeness (QED) is 0.491. The highest BCUT2D eigenvalue weighted by Crippen LogP contribution is 2.32. The zero-order chi connectivity index (χ0) is 23.3. The van der Waals surface area contributed by atoms with Crippen LogP contribution in [0.15, 0.2) is 54.6 Å². The Hall–Kier alpha value is -2.77. The van der Waals surface area contributed by atoms with Crippen molar-refractivity contribution in [3.8, 4) is 5.75 Å². The number of rotatable bonds is 9. The lowest BCUT2D eigenvalue weighted by Gasteiger charge is -2.39. The predicted molar refractivity (Wildman–Crippen MR) is 130 cm³/mol. The van der Waals surface area contributed by atoms with Gasteiger partial charge in [-0.15, -0.1) is 5.10 Å². The number of ether oxygens (including phenoxy) is 1. The molecule has 33 heavy (non-hydrogen) atoms. The van der Waals surface area contributed by atoms with E-state index in [1.807, 2.05) is 11.6 Å². The van der Waals surface area contributed by atoms with Crippen molar-refractivity contribution >= 4 is 0 Å². The highest BCUT2D eigenvalue weighted by atomic mass is 16.5. The predicted octanol–water partition coefficient (Wildman–Crippen LogP) is 4.12. The van der Waals surface area contributed by atoms with Crippen LogP contribution in [-0.4, -0.2) is 62.8 Å². The summed E-state index contributed by atoms with van der Waals surface area (Å²) < 4.78 is 7.70. The molecule has 1 unspecified atom stereocenters. The molecule has 0 spiro atoms. The summed E-state index contributed by atoms with van der Waals surface area (Å²) in [6.07, 6.45) is 0.950. The van der Waals surface area contributed by atoms with Gasteiger partial charge in [-0.25, -0.2) is 4.68 Å². The topological polar surface area (TPSA) is 59.3 Å². The fourth-order valence-corrected chi connectivity index (χ4v) is 4.40. The zero-order valence-corrected chi connectivity index (χ0v) is 20.3. The van der Waals surface area contributed by atoms with Gasteiger partial charge in [-0.3, -0.25) is 9.80 Å². The summed E-state index contributed by atoms with van der Waals surface area (Å²) in [6.45, 7) is 14.2. The summed E-state index contributed by atoms with van der Waals surface area (Å²) in [4.78, 5) is 5.05. The van der Waals surface area contributed by atoms with E-state index in [1.165, 1.54) is 11.1 Å². The van der Waals surface area contributed by atoms with E-state index in [9.17, 15) is 0 Å². The number of benzene rings is 2. The molecule has 2 heterocycles. The fourth-order valence-electron chi connectivity index (χ4n) is 4.40. The molecule has 0 radical (unpaired) electrons. The first-order chi connectivity index (χ1) is 16.0. The lowest BCUT2D eigenvalue weighted by atomic mass is 9.99. The van der Waals surface area contributed by atoms with Gasteiger partial charge in [0.2, 0.25) is 0 Å². The first-order valence-corrected chi connectivity index (χ1v) is 12.0. The van der Waals surface area contributed by atoms with Crippen molar-refractivity contribution in [2.24, 2.45) is 0 Å². The Morgan fingerprint density at radius 2 is 1.64 bits per heavy atom. The molecule has 4 rings (SSSR count). The third-order valence-corrected chi connectivity index (χ3v) is 6.70. The first kappa shape index (κ1) is 23.4. The van der Waals surface area contributed by atoms with Crippen LogP contribution in [0.3, 0.4) is 0 Å². The largest absolute Gasteiger partial charge is 0.494 e. The van der Waals surface area contributed by atoms with Gasteiger partial charge in [-0.2, -0.15) is 0 Å². The Kier molecular flexibility index (Phi) is 7.40. The Morgan fingerprint density at radius 1 is 0.939 bits per heavy atom. The molecule has 1 aliphatic rings. The minimum Gasteiger partial charge on any atom is -0.494 e. The van der Waals surface area contributed by atoms with Crippen molar-refractivity contribution in [3.05, 3.63) is 71.5 Å². The van der Waals surface area contributed by atoms with E-state index >= 15 is 0 Å². The molecule has 176 valence electrons. The summed E-state index contributed by atoms with van der Waals surface area (Å²) in [5, 5.41) is 13.1. The van der Waals surface area contributed by atoms with E-state index in [1.54, 1.807) is 0 Å². The molecule has 3 aromatic rings. The molecule has 2 aromatic carbocycles. The first-order valence-electron chi connectivity index (χ1n) is 12.0. The second-order valence-corrected chi connectivity index (χ2v) is 9.32. The van der Waals surface area contributed by atoms with Gasteiger partial charge in [0.05, 0.1) is 18.2 Å². The van der Waals surface area contributed by atoms with Crippen LogP contribution in [0.25, 0.3) is 0 Å². The lowest BCUT2D eigenvalue weighted by molar-refractivity contribution is 0.0972. The van der Waals surface area contributed by atoms with Crippen LogP contribution < -0.4 is 4.74 Å². The maximum absolute atomic E-state index is 5.68. The summed E-state index contributed by atoms with van der Waals surface area (Å²) in [6, 6.07) is 19.1. The number of hydrogen-bond acceptors (Lipinski definition) is 6. The van der Waals surface area contributed by atoms with Gasteiger partial charge in [0, 0.05) is 32.7 Å². The van der Waals surface area contributed by atoms with Crippen molar-refractivity contribution in [3.63, 3.8) is 0 Å². The summed E-state index contributed by atoms with van der Waals surface area (Å²) >= 11 is 0. The van der Waals surface area contributed by atoms with Crippen molar-refractivity contribution in [2.75, 3.05) is 32.8 Å². The highest BCUT2D eigenvalue weighted by molar-refractivity contribution is 5.32. The van der Waals surface area contributed by atoms with Gasteiger partial charge in [-0.1, -0.05) is 49.4 Å². The third kappa shape index (κ3) is 5.42. The number of tetrazole rings is 1. The van der Waals surface area contributed by atoms with Crippen LogP contribution in [0.2, 0.25) is 0 Å². The van der Waals surface area contributed by atoms with Crippen LogP contribution in [0.5, 0.6) is 5.75 Å². The maximum atomic E-state index is 5.68. The van der Waals surface area contributed by atoms with Crippen LogP contribution >= 0.6 is 0 Å². The molecule has 7 nitrogen and oxygen atoms in total. The average molecular weight is 449 g/mol. The SMILES string of the molecule is CCOc1ccc(C(c2nnnn2C(C)(C)CC)N2CCN(Cc3ccccc3)CC2)cc1.